The van der Waals surface area contributed by atoms with Gasteiger partial charge in [-0.3, -0.25) is 9.59 Å². The van der Waals surface area contributed by atoms with Gasteiger partial charge in [0.25, 0.3) is 0 Å². The van der Waals surface area contributed by atoms with Crippen molar-refractivity contribution in [2.75, 3.05) is 0 Å². The molecule has 0 fully saturated rings. The zero-order valence-electron chi connectivity index (χ0n) is 21.9. The van der Waals surface area contributed by atoms with Crippen LogP contribution >= 0.6 is 0 Å². The van der Waals surface area contributed by atoms with Crippen molar-refractivity contribution < 1.29 is 19.4 Å². The lowest BCUT2D eigenvalue weighted by atomic mass is 9.73. The number of phenols is 1. The van der Waals surface area contributed by atoms with E-state index in [1.807, 2.05) is 32.9 Å². The van der Waals surface area contributed by atoms with Crippen LogP contribution in [0.25, 0.3) is 0 Å². The van der Waals surface area contributed by atoms with Crippen LogP contribution in [-0.2, 0) is 16.0 Å². The van der Waals surface area contributed by atoms with E-state index in [1.165, 1.54) is 5.57 Å². The Morgan fingerprint density at radius 1 is 1.18 bits per heavy atom. The van der Waals surface area contributed by atoms with Crippen LogP contribution in [0.1, 0.15) is 109 Å². The van der Waals surface area contributed by atoms with Gasteiger partial charge in [-0.05, 0) is 75.5 Å². The van der Waals surface area contributed by atoms with Gasteiger partial charge in [-0.2, -0.15) is 0 Å². The van der Waals surface area contributed by atoms with Crippen molar-refractivity contribution in [1.82, 2.24) is 0 Å². The Balaban J connectivity index is 2.29. The quantitative estimate of drug-likeness (QED) is 0.139. The molecule has 2 atom stereocenters. The van der Waals surface area contributed by atoms with Gasteiger partial charge in [-0.15, -0.1) is 0 Å². The molecular formula is C30H44O4. The molecule has 0 bridgehead atoms. The number of hydrogen-bond donors (Lipinski definition) is 1. The Hall–Kier alpha value is -2.36. The average molecular weight is 469 g/mol. The molecule has 1 aromatic rings. The first-order chi connectivity index (χ1) is 16.1. The summed E-state index contributed by atoms with van der Waals surface area (Å²) >= 11 is 0. The van der Waals surface area contributed by atoms with E-state index in [0.29, 0.717) is 36.5 Å². The largest absolute Gasteiger partial charge is 0.507 e. The average Bonchev–Trinajstić information content (AvgIpc) is 2.73. The molecule has 0 amide bonds. The van der Waals surface area contributed by atoms with Crippen molar-refractivity contribution >= 4 is 11.8 Å². The molecule has 0 aromatic heterocycles. The third kappa shape index (κ3) is 8.45. The van der Waals surface area contributed by atoms with Gasteiger partial charge in [0, 0.05) is 30.7 Å². The van der Waals surface area contributed by atoms with Gasteiger partial charge >= 0.3 is 5.97 Å². The standard InChI is InChI=1S/C30H44O4/c1-7-8-9-11-23-18-27(32)30(26-17-22(6)14-15-25(26)21(4)5)28(19-23)34-29(33)13-10-12-24(31)16-20(2)3/h17-20,25-26,32H,4,7-16H2,1-3,5-6H3/t25-,26+/m0/s1. The van der Waals surface area contributed by atoms with Gasteiger partial charge in [-0.25, -0.2) is 0 Å². The van der Waals surface area contributed by atoms with Crippen LogP contribution in [0, 0.1) is 11.8 Å². The van der Waals surface area contributed by atoms with Gasteiger partial charge in [0.15, 0.2) is 0 Å². The minimum absolute atomic E-state index is 0.0774. The monoisotopic (exact) mass is 468 g/mol. The van der Waals surface area contributed by atoms with Crippen LogP contribution in [0.5, 0.6) is 11.5 Å². The second-order valence-electron chi connectivity index (χ2n) is 10.5. The summed E-state index contributed by atoms with van der Waals surface area (Å²) in [7, 11) is 0. The topological polar surface area (TPSA) is 63.6 Å². The maximum absolute atomic E-state index is 12.8. The Bertz CT molecular complexity index is 893. The second kappa shape index (κ2) is 13.5. The molecule has 0 heterocycles. The highest BCUT2D eigenvalue weighted by Crippen LogP contribution is 2.47. The molecule has 0 radical (unpaired) electrons. The minimum Gasteiger partial charge on any atom is -0.507 e. The molecule has 0 unspecified atom stereocenters. The van der Waals surface area contributed by atoms with Gasteiger partial charge < -0.3 is 9.84 Å². The summed E-state index contributed by atoms with van der Waals surface area (Å²) in [6.45, 7) is 14.5. The lowest BCUT2D eigenvalue weighted by Gasteiger charge is -2.32. The van der Waals surface area contributed by atoms with Crippen LogP contribution in [0.4, 0.5) is 0 Å². The summed E-state index contributed by atoms with van der Waals surface area (Å²) in [4.78, 5) is 24.8. The first-order valence-corrected chi connectivity index (χ1v) is 13.0. The minimum atomic E-state index is -0.355. The first-order valence-electron chi connectivity index (χ1n) is 13.0. The number of ether oxygens (including phenoxy) is 1. The highest BCUT2D eigenvalue weighted by Gasteiger charge is 2.31. The normalized spacial score (nSPS) is 18.0. The Labute approximate surface area is 206 Å². The molecule has 4 nitrogen and oxygen atoms in total. The van der Waals surface area contributed by atoms with Gasteiger partial charge in [0.2, 0.25) is 0 Å². The third-order valence-corrected chi connectivity index (χ3v) is 6.66. The first kappa shape index (κ1) is 27.9. The van der Waals surface area contributed by atoms with E-state index >= 15 is 0 Å². The van der Waals surface area contributed by atoms with E-state index in [4.69, 9.17) is 4.74 Å². The lowest BCUT2D eigenvalue weighted by Crippen LogP contribution is -2.19. The molecule has 1 aromatic carbocycles. The number of esters is 1. The van der Waals surface area contributed by atoms with E-state index < -0.39 is 0 Å². The number of Topliss-reactive ketones (excluding diaryl/α,β-unsaturated/α-hetero) is 1. The highest BCUT2D eigenvalue weighted by molar-refractivity contribution is 5.79. The van der Waals surface area contributed by atoms with E-state index in [0.717, 1.165) is 49.7 Å². The molecule has 2 rings (SSSR count). The Morgan fingerprint density at radius 2 is 1.91 bits per heavy atom. The summed E-state index contributed by atoms with van der Waals surface area (Å²) < 4.78 is 5.88. The maximum Gasteiger partial charge on any atom is 0.311 e. The van der Waals surface area contributed by atoms with Crippen molar-refractivity contribution in [2.24, 2.45) is 11.8 Å². The molecule has 1 aliphatic carbocycles. The van der Waals surface area contributed by atoms with Crippen LogP contribution in [0.15, 0.2) is 35.9 Å². The molecule has 0 spiro atoms. The number of rotatable bonds is 13. The summed E-state index contributed by atoms with van der Waals surface area (Å²) in [6.07, 6.45) is 9.86. The smallest absolute Gasteiger partial charge is 0.311 e. The fourth-order valence-electron chi connectivity index (χ4n) is 4.88. The molecule has 0 saturated heterocycles. The van der Waals surface area contributed by atoms with Crippen molar-refractivity contribution in [3.63, 3.8) is 0 Å². The van der Waals surface area contributed by atoms with E-state index in [2.05, 4.69) is 26.5 Å². The number of benzene rings is 1. The zero-order chi connectivity index (χ0) is 25.3. The molecule has 188 valence electrons. The van der Waals surface area contributed by atoms with Crippen LogP contribution < -0.4 is 4.74 Å². The van der Waals surface area contributed by atoms with Crippen LogP contribution in [0.2, 0.25) is 0 Å². The van der Waals surface area contributed by atoms with Gasteiger partial charge in [-0.1, -0.05) is 57.4 Å². The Kier molecular flexibility index (Phi) is 11.1. The number of unbranched alkanes of at least 4 members (excludes halogenated alkanes) is 2. The fourth-order valence-corrected chi connectivity index (χ4v) is 4.88. The summed E-state index contributed by atoms with van der Waals surface area (Å²) in [6, 6.07) is 3.76. The number of carbonyl (C=O) groups excluding carboxylic acids is 2. The van der Waals surface area contributed by atoms with Crippen LogP contribution in [0.3, 0.4) is 0 Å². The molecule has 0 saturated carbocycles. The molecule has 1 N–H and O–H groups in total. The number of aryl methyl sites for hydroxylation is 1. The summed E-state index contributed by atoms with van der Waals surface area (Å²) in [5.41, 5.74) is 4.00. The second-order valence-corrected chi connectivity index (χ2v) is 10.5. The number of allylic oxidation sites excluding steroid dienone is 3. The number of phenolic OH excluding ortho intramolecular Hbond substituents is 1. The SMILES string of the molecule is C=C(C)[C@@H]1CCC(C)=C[C@H]1c1c(O)cc(CCCCC)cc1OC(=O)CCCC(=O)CC(C)C. The lowest BCUT2D eigenvalue weighted by molar-refractivity contribution is -0.134. The molecule has 34 heavy (non-hydrogen) atoms. The van der Waals surface area contributed by atoms with Crippen molar-refractivity contribution in [1.29, 1.82) is 0 Å². The van der Waals surface area contributed by atoms with Crippen molar-refractivity contribution in [3.05, 3.63) is 47.1 Å². The highest BCUT2D eigenvalue weighted by atomic mass is 16.5. The van der Waals surface area contributed by atoms with E-state index in [1.54, 1.807) is 0 Å². The zero-order valence-corrected chi connectivity index (χ0v) is 21.9. The summed E-state index contributed by atoms with van der Waals surface area (Å²) in [5.74, 6) is 0.906. The van der Waals surface area contributed by atoms with Crippen molar-refractivity contribution in [3.8, 4) is 11.5 Å². The number of ketones is 1. The Morgan fingerprint density at radius 3 is 2.56 bits per heavy atom. The molecule has 0 aliphatic heterocycles. The molecule has 1 aliphatic rings. The fraction of sp³-hybridized carbons (Fsp3) is 0.600. The summed E-state index contributed by atoms with van der Waals surface area (Å²) in [5, 5.41) is 11.1. The molecular weight excluding hydrogens is 424 g/mol. The van der Waals surface area contributed by atoms with Gasteiger partial charge in [0.1, 0.15) is 17.3 Å². The maximum atomic E-state index is 12.8. The van der Waals surface area contributed by atoms with E-state index in [-0.39, 0.29) is 35.8 Å². The number of hydrogen-bond acceptors (Lipinski definition) is 4. The van der Waals surface area contributed by atoms with E-state index in [9.17, 15) is 14.7 Å². The van der Waals surface area contributed by atoms with Crippen molar-refractivity contribution in [2.45, 2.75) is 105 Å². The number of aromatic hydroxyl groups is 1. The molecule has 4 heteroatoms. The third-order valence-electron chi connectivity index (χ3n) is 6.66. The van der Waals surface area contributed by atoms with Crippen LogP contribution in [-0.4, -0.2) is 16.9 Å². The predicted molar refractivity (Wildman–Crippen MR) is 139 cm³/mol. The van der Waals surface area contributed by atoms with Gasteiger partial charge in [0.05, 0.1) is 0 Å². The predicted octanol–water partition coefficient (Wildman–Crippen LogP) is 7.83. The number of carbonyl (C=O) groups is 2.